The van der Waals surface area contributed by atoms with Crippen LogP contribution in [0.4, 0.5) is 10.2 Å². The Bertz CT molecular complexity index is 874. The number of nitrogens with zero attached hydrogens (tertiary/aromatic N) is 3. The second-order valence-corrected chi connectivity index (χ2v) is 7.94. The molecule has 0 unspecified atom stereocenters. The number of piperazine rings is 1. The number of rotatable bonds is 5. The molecule has 2 heterocycles. The van der Waals surface area contributed by atoms with Crippen LogP contribution in [0.15, 0.2) is 39.8 Å². The van der Waals surface area contributed by atoms with Gasteiger partial charge in [-0.25, -0.2) is 12.8 Å². The van der Waals surface area contributed by atoms with Crippen molar-refractivity contribution in [3.05, 3.63) is 41.9 Å². The lowest BCUT2D eigenvalue weighted by Crippen LogP contribution is -2.50. The lowest BCUT2D eigenvalue weighted by atomic mass is 10.3. The summed E-state index contributed by atoms with van der Waals surface area (Å²) in [6.45, 7) is 3.23. The summed E-state index contributed by atoms with van der Waals surface area (Å²) in [4.78, 5) is 13.9. The van der Waals surface area contributed by atoms with E-state index in [4.69, 9.17) is 4.52 Å². The zero-order valence-electron chi connectivity index (χ0n) is 14.2. The summed E-state index contributed by atoms with van der Waals surface area (Å²) in [5.41, 5.74) is 0. The first kappa shape index (κ1) is 18.5. The number of carbonyl (C=O) groups excluding carboxylic acids is 1. The summed E-state index contributed by atoms with van der Waals surface area (Å²) < 4.78 is 44.3. The van der Waals surface area contributed by atoms with E-state index in [-0.39, 0.29) is 30.4 Å². The van der Waals surface area contributed by atoms with E-state index in [1.54, 1.807) is 13.0 Å². The lowest BCUT2D eigenvalue weighted by molar-refractivity contribution is -0.117. The molecule has 2 aromatic rings. The molecule has 1 aliphatic heterocycles. The van der Waals surface area contributed by atoms with Gasteiger partial charge in [0, 0.05) is 32.2 Å². The first-order chi connectivity index (χ1) is 12.3. The van der Waals surface area contributed by atoms with E-state index in [9.17, 15) is 17.6 Å². The van der Waals surface area contributed by atoms with Gasteiger partial charge in [-0.3, -0.25) is 9.69 Å². The molecule has 0 atom stereocenters. The van der Waals surface area contributed by atoms with Crippen molar-refractivity contribution in [3.8, 4) is 0 Å². The number of amides is 1. The minimum absolute atomic E-state index is 0.0616. The van der Waals surface area contributed by atoms with Crippen molar-refractivity contribution < 1.29 is 22.1 Å². The molecule has 1 amide bonds. The number of carbonyl (C=O) groups is 1. The molecule has 1 aromatic carbocycles. The van der Waals surface area contributed by atoms with E-state index in [0.29, 0.717) is 24.7 Å². The Morgan fingerprint density at radius 1 is 1.23 bits per heavy atom. The molecule has 10 heteroatoms. The van der Waals surface area contributed by atoms with Crippen LogP contribution in [0.2, 0.25) is 0 Å². The van der Waals surface area contributed by atoms with Gasteiger partial charge in [0.15, 0.2) is 5.82 Å². The fourth-order valence-electron chi connectivity index (χ4n) is 2.69. The van der Waals surface area contributed by atoms with Crippen molar-refractivity contribution in [3.63, 3.8) is 0 Å². The Hall–Kier alpha value is -2.30. The van der Waals surface area contributed by atoms with Crippen molar-refractivity contribution in [1.29, 1.82) is 0 Å². The van der Waals surface area contributed by atoms with Gasteiger partial charge in [-0.15, -0.1) is 0 Å². The molecule has 140 valence electrons. The molecule has 1 fully saturated rings. The summed E-state index contributed by atoms with van der Waals surface area (Å²) in [5, 5.41) is 6.32. The van der Waals surface area contributed by atoms with Crippen molar-refractivity contribution >= 4 is 21.7 Å². The number of halogens is 1. The third-order valence-electron chi connectivity index (χ3n) is 4.05. The molecule has 1 saturated heterocycles. The molecule has 8 nitrogen and oxygen atoms in total. The SMILES string of the molecule is Cc1cc(NC(=O)CN2CCN(S(=O)(=O)c3ccc(F)cc3)CC2)no1. The maximum absolute atomic E-state index is 13.0. The molecule has 0 saturated carbocycles. The van der Waals surface area contributed by atoms with Gasteiger partial charge < -0.3 is 9.84 Å². The van der Waals surface area contributed by atoms with Crippen LogP contribution in [0.5, 0.6) is 0 Å². The van der Waals surface area contributed by atoms with Crippen LogP contribution in [0, 0.1) is 12.7 Å². The molecule has 1 aromatic heterocycles. The maximum Gasteiger partial charge on any atom is 0.243 e. The van der Waals surface area contributed by atoms with Crippen LogP contribution in [0.3, 0.4) is 0 Å². The topological polar surface area (TPSA) is 95.8 Å². The number of hydrogen-bond acceptors (Lipinski definition) is 6. The zero-order chi connectivity index (χ0) is 18.7. The molecule has 26 heavy (non-hydrogen) atoms. The van der Waals surface area contributed by atoms with E-state index < -0.39 is 15.8 Å². The number of nitrogens with one attached hydrogen (secondary N) is 1. The van der Waals surface area contributed by atoms with Crippen molar-refractivity contribution in [1.82, 2.24) is 14.4 Å². The molecule has 1 aliphatic rings. The van der Waals surface area contributed by atoms with Crippen molar-refractivity contribution in [2.45, 2.75) is 11.8 Å². The van der Waals surface area contributed by atoms with E-state index in [0.717, 1.165) is 12.1 Å². The molecular formula is C16H19FN4O4S. The van der Waals surface area contributed by atoms with Crippen LogP contribution < -0.4 is 5.32 Å². The van der Waals surface area contributed by atoms with Crippen molar-refractivity contribution in [2.24, 2.45) is 0 Å². The average Bonchev–Trinajstić information content (AvgIpc) is 3.00. The van der Waals surface area contributed by atoms with Crippen LogP contribution in [0.1, 0.15) is 5.76 Å². The van der Waals surface area contributed by atoms with Gasteiger partial charge in [0.2, 0.25) is 15.9 Å². The monoisotopic (exact) mass is 382 g/mol. The lowest BCUT2D eigenvalue weighted by Gasteiger charge is -2.33. The van der Waals surface area contributed by atoms with Gasteiger partial charge in [0.05, 0.1) is 11.4 Å². The smallest absolute Gasteiger partial charge is 0.243 e. The molecule has 0 aliphatic carbocycles. The standard InChI is InChI=1S/C16H19FN4O4S/c1-12-10-15(19-25-12)18-16(22)11-20-6-8-21(9-7-20)26(23,24)14-4-2-13(17)3-5-14/h2-5,10H,6-9,11H2,1H3,(H,18,19,22). The highest BCUT2D eigenvalue weighted by atomic mass is 32.2. The van der Waals surface area contributed by atoms with Crippen LogP contribution in [-0.2, 0) is 14.8 Å². The Morgan fingerprint density at radius 2 is 1.88 bits per heavy atom. The normalized spacial score (nSPS) is 16.5. The minimum Gasteiger partial charge on any atom is -0.360 e. The van der Waals surface area contributed by atoms with E-state index >= 15 is 0 Å². The maximum atomic E-state index is 13.0. The van der Waals surface area contributed by atoms with Gasteiger partial charge in [0.25, 0.3) is 0 Å². The number of aryl methyl sites for hydroxylation is 1. The molecular weight excluding hydrogens is 363 g/mol. The van der Waals surface area contributed by atoms with Crippen LogP contribution >= 0.6 is 0 Å². The first-order valence-corrected chi connectivity index (χ1v) is 9.50. The first-order valence-electron chi connectivity index (χ1n) is 8.06. The summed E-state index contributed by atoms with van der Waals surface area (Å²) in [6, 6.07) is 6.37. The average molecular weight is 382 g/mol. The number of sulfonamides is 1. The second kappa shape index (κ2) is 7.52. The van der Waals surface area contributed by atoms with Gasteiger partial charge in [0.1, 0.15) is 11.6 Å². The third-order valence-corrected chi connectivity index (χ3v) is 5.96. The van der Waals surface area contributed by atoms with Crippen LogP contribution in [-0.4, -0.2) is 61.4 Å². The van der Waals surface area contributed by atoms with Gasteiger partial charge in [-0.1, -0.05) is 5.16 Å². The Balaban J connectivity index is 1.53. The van der Waals surface area contributed by atoms with Gasteiger partial charge in [-0.05, 0) is 31.2 Å². The Morgan fingerprint density at radius 3 is 2.46 bits per heavy atom. The van der Waals surface area contributed by atoms with E-state index in [1.807, 2.05) is 4.90 Å². The molecule has 0 bridgehead atoms. The molecule has 0 spiro atoms. The summed E-state index contributed by atoms with van der Waals surface area (Å²) >= 11 is 0. The highest BCUT2D eigenvalue weighted by Gasteiger charge is 2.29. The van der Waals surface area contributed by atoms with Crippen LogP contribution in [0.25, 0.3) is 0 Å². The predicted octanol–water partition coefficient (Wildman–Crippen LogP) is 1.07. The fourth-order valence-corrected chi connectivity index (χ4v) is 4.12. The molecule has 1 N–H and O–H groups in total. The molecule has 3 rings (SSSR count). The number of hydrogen-bond donors (Lipinski definition) is 1. The summed E-state index contributed by atoms with van der Waals surface area (Å²) in [6.07, 6.45) is 0. The highest BCUT2D eigenvalue weighted by Crippen LogP contribution is 2.18. The predicted molar refractivity (Wildman–Crippen MR) is 91.5 cm³/mol. The van der Waals surface area contributed by atoms with Crippen molar-refractivity contribution in [2.75, 3.05) is 38.0 Å². The van der Waals surface area contributed by atoms with Gasteiger partial charge in [-0.2, -0.15) is 4.31 Å². The number of benzene rings is 1. The van der Waals surface area contributed by atoms with E-state index in [2.05, 4.69) is 10.5 Å². The molecule has 0 radical (unpaired) electrons. The number of anilines is 1. The minimum atomic E-state index is -3.66. The number of aromatic nitrogens is 1. The summed E-state index contributed by atoms with van der Waals surface area (Å²) in [7, 11) is -3.66. The third kappa shape index (κ3) is 4.26. The fraction of sp³-hybridized carbons (Fsp3) is 0.375. The van der Waals surface area contributed by atoms with Gasteiger partial charge >= 0.3 is 0 Å². The quantitative estimate of drug-likeness (QED) is 0.831. The Kier molecular flexibility index (Phi) is 5.35. The zero-order valence-corrected chi connectivity index (χ0v) is 15.0. The summed E-state index contributed by atoms with van der Waals surface area (Å²) in [5.74, 6) is 0.222. The largest absolute Gasteiger partial charge is 0.360 e. The van der Waals surface area contributed by atoms with E-state index in [1.165, 1.54) is 16.4 Å². The highest BCUT2D eigenvalue weighted by molar-refractivity contribution is 7.89. The second-order valence-electron chi connectivity index (χ2n) is 6.01. The Labute approximate surface area is 150 Å².